The second-order valence-corrected chi connectivity index (χ2v) is 8.88. The number of benzene rings is 6. The summed E-state index contributed by atoms with van der Waals surface area (Å²) in [5.41, 5.74) is 9.08. The molecule has 0 heterocycles. The average molecular weight is 463 g/mol. The molecular formula is C34H26N2. The van der Waals surface area contributed by atoms with Crippen LogP contribution in [0.15, 0.2) is 146 Å². The van der Waals surface area contributed by atoms with Crippen molar-refractivity contribution in [3.63, 3.8) is 0 Å². The SMILES string of the molecule is c1ccc(Nc2ccccc2-c2cccc(-c3ccc(Nc4ccc5ccccc5c4)cc3)c2)cc1. The first-order valence-electron chi connectivity index (χ1n) is 12.2. The van der Waals surface area contributed by atoms with Gasteiger partial charge in [0, 0.05) is 28.3 Å². The van der Waals surface area contributed by atoms with Crippen molar-refractivity contribution in [2.45, 2.75) is 0 Å². The van der Waals surface area contributed by atoms with Crippen LogP contribution in [0.2, 0.25) is 0 Å². The maximum Gasteiger partial charge on any atom is 0.0463 e. The Bertz CT molecular complexity index is 1620. The molecule has 0 amide bonds. The highest BCUT2D eigenvalue weighted by atomic mass is 14.9. The van der Waals surface area contributed by atoms with Gasteiger partial charge in [-0.2, -0.15) is 0 Å². The Morgan fingerprint density at radius 3 is 1.86 bits per heavy atom. The van der Waals surface area contributed by atoms with Gasteiger partial charge in [0.05, 0.1) is 0 Å². The molecule has 2 nitrogen and oxygen atoms in total. The molecule has 0 radical (unpaired) electrons. The van der Waals surface area contributed by atoms with Gasteiger partial charge in [-0.25, -0.2) is 0 Å². The molecule has 0 aliphatic carbocycles. The molecule has 0 fully saturated rings. The Morgan fingerprint density at radius 1 is 0.333 bits per heavy atom. The van der Waals surface area contributed by atoms with E-state index in [1.165, 1.54) is 33.0 Å². The third kappa shape index (κ3) is 4.70. The van der Waals surface area contributed by atoms with Gasteiger partial charge < -0.3 is 10.6 Å². The summed E-state index contributed by atoms with van der Waals surface area (Å²) in [7, 11) is 0. The van der Waals surface area contributed by atoms with Gasteiger partial charge in [0.1, 0.15) is 0 Å². The zero-order valence-electron chi connectivity index (χ0n) is 19.9. The van der Waals surface area contributed by atoms with Gasteiger partial charge in [-0.3, -0.25) is 0 Å². The van der Waals surface area contributed by atoms with E-state index < -0.39 is 0 Å². The van der Waals surface area contributed by atoms with Gasteiger partial charge in [-0.15, -0.1) is 0 Å². The third-order valence-corrected chi connectivity index (χ3v) is 6.41. The fraction of sp³-hybridized carbons (Fsp3) is 0. The number of hydrogen-bond donors (Lipinski definition) is 2. The Balaban J connectivity index is 1.24. The first-order chi connectivity index (χ1) is 17.8. The van der Waals surface area contributed by atoms with Gasteiger partial charge in [-0.05, 0) is 76.0 Å². The molecule has 0 unspecified atom stereocenters. The molecule has 0 aliphatic heterocycles. The number of fused-ring (bicyclic) bond motifs is 1. The van der Waals surface area contributed by atoms with Crippen LogP contribution in [0.4, 0.5) is 22.7 Å². The standard InChI is InChI=1S/C34H26N2/c1-2-13-30(14-3-1)36-34-16-7-6-15-33(34)29-12-8-11-27(23-29)26-17-20-31(21-18-26)35-32-22-19-25-9-4-5-10-28(25)24-32/h1-24,35-36H. The van der Waals surface area contributed by atoms with Crippen molar-refractivity contribution >= 4 is 33.5 Å². The molecule has 6 aromatic carbocycles. The van der Waals surface area contributed by atoms with Crippen LogP contribution in [0.1, 0.15) is 0 Å². The number of anilines is 4. The van der Waals surface area contributed by atoms with E-state index in [2.05, 4.69) is 138 Å². The van der Waals surface area contributed by atoms with Crippen molar-refractivity contribution in [2.24, 2.45) is 0 Å². The van der Waals surface area contributed by atoms with Crippen LogP contribution < -0.4 is 10.6 Å². The lowest BCUT2D eigenvalue weighted by Crippen LogP contribution is -1.93. The van der Waals surface area contributed by atoms with E-state index in [-0.39, 0.29) is 0 Å². The first-order valence-corrected chi connectivity index (χ1v) is 12.2. The largest absolute Gasteiger partial charge is 0.356 e. The molecule has 0 saturated carbocycles. The lowest BCUT2D eigenvalue weighted by atomic mass is 9.97. The van der Waals surface area contributed by atoms with Crippen molar-refractivity contribution in [2.75, 3.05) is 10.6 Å². The van der Waals surface area contributed by atoms with E-state index in [0.717, 1.165) is 22.7 Å². The van der Waals surface area contributed by atoms with Crippen LogP contribution in [-0.2, 0) is 0 Å². The Morgan fingerprint density at radius 2 is 1.00 bits per heavy atom. The predicted molar refractivity (Wildman–Crippen MR) is 154 cm³/mol. The van der Waals surface area contributed by atoms with Crippen LogP contribution in [0.5, 0.6) is 0 Å². The summed E-state index contributed by atoms with van der Waals surface area (Å²) in [6.45, 7) is 0. The topological polar surface area (TPSA) is 24.1 Å². The first kappa shape index (κ1) is 21.7. The lowest BCUT2D eigenvalue weighted by Gasteiger charge is -2.14. The molecular weight excluding hydrogens is 436 g/mol. The van der Waals surface area contributed by atoms with E-state index in [1.807, 2.05) is 18.2 Å². The van der Waals surface area contributed by atoms with Crippen molar-refractivity contribution in [1.82, 2.24) is 0 Å². The second-order valence-electron chi connectivity index (χ2n) is 8.88. The van der Waals surface area contributed by atoms with Crippen LogP contribution in [0.3, 0.4) is 0 Å². The van der Waals surface area contributed by atoms with Gasteiger partial charge in [-0.1, -0.05) is 97.1 Å². The smallest absolute Gasteiger partial charge is 0.0463 e. The van der Waals surface area contributed by atoms with Crippen LogP contribution in [-0.4, -0.2) is 0 Å². The Kier molecular flexibility index (Phi) is 5.91. The van der Waals surface area contributed by atoms with Crippen LogP contribution in [0.25, 0.3) is 33.0 Å². The zero-order valence-corrected chi connectivity index (χ0v) is 19.9. The average Bonchev–Trinajstić information content (AvgIpc) is 2.94. The van der Waals surface area contributed by atoms with Crippen molar-refractivity contribution in [3.05, 3.63) is 146 Å². The minimum atomic E-state index is 1.07. The molecule has 2 N–H and O–H groups in total. The Labute approximate surface area is 211 Å². The molecule has 0 bridgehead atoms. The summed E-state index contributed by atoms with van der Waals surface area (Å²) in [6, 6.07) is 51.0. The molecule has 6 aromatic rings. The quantitative estimate of drug-likeness (QED) is 0.257. The molecule has 0 aromatic heterocycles. The highest BCUT2D eigenvalue weighted by molar-refractivity contribution is 5.87. The van der Waals surface area contributed by atoms with Gasteiger partial charge in [0.25, 0.3) is 0 Å². The van der Waals surface area contributed by atoms with Crippen molar-refractivity contribution in [1.29, 1.82) is 0 Å². The zero-order chi connectivity index (χ0) is 24.2. The molecule has 36 heavy (non-hydrogen) atoms. The maximum atomic E-state index is 3.56. The van der Waals surface area contributed by atoms with E-state index >= 15 is 0 Å². The molecule has 2 heteroatoms. The predicted octanol–water partition coefficient (Wildman–Crippen LogP) is 9.66. The second kappa shape index (κ2) is 9.81. The van der Waals surface area contributed by atoms with E-state index in [0.29, 0.717) is 0 Å². The number of rotatable bonds is 6. The summed E-state index contributed by atoms with van der Waals surface area (Å²) in [6.07, 6.45) is 0. The van der Waals surface area contributed by atoms with Gasteiger partial charge in [0.2, 0.25) is 0 Å². The summed E-state index contributed by atoms with van der Waals surface area (Å²) in [4.78, 5) is 0. The molecule has 0 spiro atoms. The van der Waals surface area contributed by atoms with E-state index in [9.17, 15) is 0 Å². The van der Waals surface area contributed by atoms with Gasteiger partial charge in [0.15, 0.2) is 0 Å². The molecule has 0 saturated heterocycles. The minimum Gasteiger partial charge on any atom is -0.356 e. The van der Waals surface area contributed by atoms with E-state index in [1.54, 1.807) is 0 Å². The Hall–Kier alpha value is -4.82. The summed E-state index contributed by atoms with van der Waals surface area (Å²) in [5, 5.41) is 9.58. The van der Waals surface area contributed by atoms with Gasteiger partial charge >= 0.3 is 0 Å². The van der Waals surface area contributed by atoms with Crippen LogP contribution >= 0.6 is 0 Å². The van der Waals surface area contributed by atoms with Crippen LogP contribution in [0, 0.1) is 0 Å². The molecule has 0 aliphatic rings. The molecule has 0 atom stereocenters. The highest BCUT2D eigenvalue weighted by Crippen LogP contribution is 2.33. The van der Waals surface area contributed by atoms with E-state index in [4.69, 9.17) is 0 Å². The highest BCUT2D eigenvalue weighted by Gasteiger charge is 2.07. The van der Waals surface area contributed by atoms with Crippen molar-refractivity contribution in [3.8, 4) is 22.3 Å². The molecule has 172 valence electrons. The number of nitrogens with one attached hydrogen (secondary N) is 2. The number of para-hydroxylation sites is 2. The lowest BCUT2D eigenvalue weighted by molar-refractivity contribution is 1.52. The monoisotopic (exact) mass is 462 g/mol. The third-order valence-electron chi connectivity index (χ3n) is 6.41. The summed E-state index contributed by atoms with van der Waals surface area (Å²) < 4.78 is 0. The minimum absolute atomic E-state index is 1.07. The summed E-state index contributed by atoms with van der Waals surface area (Å²) >= 11 is 0. The fourth-order valence-corrected chi connectivity index (χ4v) is 4.57. The fourth-order valence-electron chi connectivity index (χ4n) is 4.57. The normalized spacial score (nSPS) is 10.8. The van der Waals surface area contributed by atoms with Crippen molar-refractivity contribution < 1.29 is 0 Å². The molecule has 6 rings (SSSR count). The summed E-state index contributed by atoms with van der Waals surface area (Å²) in [5.74, 6) is 0. The maximum absolute atomic E-state index is 3.56. The number of hydrogen-bond acceptors (Lipinski definition) is 2.